The Hall–Kier alpha value is -2.37. The topological polar surface area (TPSA) is 62.4 Å². The number of carbonyl (C=O) groups excluding carboxylic acids is 1. The third kappa shape index (κ3) is 3.52. The average molecular weight is 311 g/mol. The van der Waals surface area contributed by atoms with E-state index in [4.69, 9.17) is 4.74 Å². The lowest BCUT2D eigenvalue weighted by Crippen LogP contribution is -2.39. The molecular formula is C18H21N3O2. The minimum Gasteiger partial charge on any atom is -0.495 e. The Morgan fingerprint density at radius 2 is 1.96 bits per heavy atom. The molecule has 1 fully saturated rings. The fourth-order valence-electron chi connectivity index (χ4n) is 2.77. The maximum Gasteiger partial charge on any atom is 0.243 e. The molecule has 2 atom stereocenters. The van der Waals surface area contributed by atoms with Gasteiger partial charge in [-0.15, -0.1) is 0 Å². The van der Waals surface area contributed by atoms with Crippen LogP contribution in [0.2, 0.25) is 0 Å². The Morgan fingerprint density at radius 1 is 1.17 bits per heavy atom. The van der Waals surface area contributed by atoms with Crippen LogP contribution in [0.1, 0.15) is 23.6 Å². The van der Waals surface area contributed by atoms with Gasteiger partial charge in [-0.2, -0.15) is 0 Å². The Labute approximate surface area is 136 Å². The Morgan fingerprint density at radius 3 is 2.70 bits per heavy atom. The van der Waals surface area contributed by atoms with Crippen LogP contribution in [0, 0.1) is 6.92 Å². The van der Waals surface area contributed by atoms with E-state index in [1.807, 2.05) is 43.3 Å². The van der Waals surface area contributed by atoms with E-state index >= 15 is 0 Å². The molecule has 1 aliphatic heterocycles. The molecule has 23 heavy (non-hydrogen) atoms. The number of aryl methyl sites for hydroxylation is 1. The van der Waals surface area contributed by atoms with Crippen molar-refractivity contribution in [3.05, 3.63) is 59.7 Å². The Kier molecular flexibility index (Phi) is 4.60. The molecule has 2 unspecified atom stereocenters. The number of hydrogen-bond acceptors (Lipinski definition) is 4. The number of methoxy groups -OCH3 is 1. The van der Waals surface area contributed by atoms with Gasteiger partial charge in [-0.05, 0) is 36.6 Å². The number of hydrogen-bond donors (Lipinski definition) is 3. The van der Waals surface area contributed by atoms with Crippen LogP contribution in [-0.2, 0) is 4.79 Å². The summed E-state index contributed by atoms with van der Waals surface area (Å²) in [6.45, 7) is 1.98. The molecule has 2 aromatic rings. The Bertz CT molecular complexity index is 688. The van der Waals surface area contributed by atoms with Crippen molar-refractivity contribution in [2.75, 3.05) is 12.4 Å². The first kappa shape index (κ1) is 15.5. The van der Waals surface area contributed by atoms with Gasteiger partial charge in [0, 0.05) is 6.04 Å². The average Bonchev–Trinajstić information content (AvgIpc) is 3.06. The zero-order chi connectivity index (χ0) is 16.2. The largest absolute Gasteiger partial charge is 0.495 e. The third-order valence-electron chi connectivity index (χ3n) is 4.03. The lowest BCUT2D eigenvalue weighted by atomic mass is 10.0. The molecule has 5 nitrogen and oxygen atoms in total. The van der Waals surface area contributed by atoms with Crippen molar-refractivity contribution in [1.29, 1.82) is 0 Å². The van der Waals surface area contributed by atoms with Crippen molar-refractivity contribution in [3.8, 4) is 5.75 Å². The monoisotopic (exact) mass is 311 g/mol. The van der Waals surface area contributed by atoms with E-state index in [1.54, 1.807) is 7.11 Å². The molecule has 5 heteroatoms. The molecule has 0 bridgehead atoms. The van der Waals surface area contributed by atoms with Gasteiger partial charge in [-0.25, -0.2) is 10.9 Å². The number of ether oxygens (including phenoxy) is 1. The van der Waals surface area contributed by atoms with Crippen LogP contribution in [0.15, 0.2) is 48.5 Å². The van der Waals surface area contributed by atoms with Crippen molar-refractivity contribution < 1.29 is 9.53 Å². The number of anilines is 1. The summed E-state index contributed by atoms with van der Waals surface area (Å²) in [6.07, 6.45) is 0.698. The van der Waals surface area contributed by atoms with E-state index < -0.39 is 0 Å². The minimum absolute atomic E-state index is 0.0696. The molecule has 0 aromatic heterocycles. The lowest BCUT2D eigenvalue weighted by Gasteiger charge is -2.14. The van der Waals surface area contributed by atoms with Gasteiger partial charge in [-0.1, -0.05) is 36.4 Å². The number of amides is 1. The van der Waals surface area contributed by atoms with E-state index in [9.17, 15) is 4.79 Å². The highest BCUT2D eigenvalue weighted by Gasteiger charge is 2.30. The van der Waals surface area contributed by atoms with Crippen LogP contribution >= 0.6 is 0 Å². The molecule has 1 saturated heterocycles. The van der Waals surface area contributed by atoms with Crippen molar-refractivity contribution in [3.63, 3.8) is 0 Å². The van der Waals surface area contributed by atoms with Gasteiger partial charge >= 0.3 is 0 Å². The van der Waals surface area contributed by atoms with Crippen LogP contribution in [0.4, 0.5) is 5.69 Å². The zero-order valence-electron chi connectivity index (χ0n) is 13.3. The first-order chi connectivity index (χ1) is 11.2. The number of benzene rings is 2. The smallest absolute Gasteiger partial charge is 0.243 e. The minimum atomic E-state index is -0.287. The van der Waals surface area contributed by atoms with E-state index in [0.29, 0.717) is 17.9 Å². The molecular weight excluding hydrogens is 290 g/mol. The third-order valence-corrected chi connectivity index (χ3v) is 4.03. The van der Waals surface area contributed by atoms with Crippen molar-refractivity contribution in [2.24, 2.45) is 0 Å². The van der Waals surface area contributed by atoms with Gasteiger partial charge in [0.1, 0.15) is 11.8 Å². The van der Waals surface area contributed by atoms with Gasteiger partial charge in [0.25, 0.3) is 0 Å². The highest BCUT2D eigenvalue weighted by atomic mass is 16.5. The summed E-state index contributed by atoms with van der Waals surface area (Å²) < 4.78 is 5.30. The first-order valence-corrected chi connectivity index (χ1v) is 7.69. The summed E-state index contributed by atoms with van der Waals surface area (Å²) >= 11 is 0. The van der Waals surface area contributed by atoms with Gasteiger partial charge in [0.05, 0.1) is 12.8 Å². The van der Waals surface area contributed by atoms with Crippen molar-refractivity contribution >= 4 is 11.6 Å². The quantitative estimate of drug-likeness (QED) is 0.812. The SMILES string of the molecule is COc1ccc(C)cc1NC(=O)C1CC(c2ccccc2)NN1. The van der Waals surface area contributed by atoms with E-state index in [-0.39, 0.29) is 18.0 Å². The number of rotatable bonds is 4. The summed E-state index contributed by atoms with van der Waals surface area (Å²) in [4.78, 5) is 12.5. The number of carbonyl (C=O) groups is 1. The second-order valence-corrected chi connectivity index (χ2v) is 5.73. The predicted octanol–water partition coefficient (Wildman–Crippen LogP) is 2.55. The molecule has 0 radical (unpaired) electrons. The summed E-state index contributed by atoms with van der Waals surface area (Å²) in [7, 11) is 1.60. The molecule has 3 N–H and O–H groups in total. The van der Waals surface area contributed by atoms with Gasteiger partial charge in [0.15, 0.2) is 0 Å². The number of hydrazine groups is 1. The first-order valence-electron chi connectivity index (χ1n) is 7.69. The highest BCUT2D eigenvalue weighted by Crippen LogP contribution is 2.27. The zero-order valence-corrected chi connectivity index (χ0v) is 13.3. The molecule has 1 aliphatic rings. The van der Waals surface area contributed by atoms with Crippen molar-refractivity contribution in [2.45, 2.75) is 25.4 Å². The van der Waals surface area contributed by atoms with Crippen LogP contribution < -0.4 is 20.9 Å². The van der Waals surface area contributed by atoms with Gasteiger partial charge in [0.2, 0.25) is 5.91 Å². The molecule has 0 aliphatic carbocycles. The maximum absolute atomic E-state index is 12.5. The standard InChI is InChI=1S/C18H21N3O2/c1-12-8-9-17(23-2)15(10-12)19-18(22)16-11-14(20-21-16)13-6-4-3-5-7-13/h3-10,14,16,20-21H,11H2,1-2H3,(H,19,22). The lowest BCUT2D eigenvalue weighted by molar-refractivity contribution is -0.117. The summed E-state index contributed by atoms with van der Waals surface area (Å²) in [6, 6.07) is 15.7. The van der Waals surface area contributed by atoms with Gasteiger partial charge < -0.3 is 10.1 Å². The maximum atomic E-state index is 12.5. The van der Waals surface area contributed by atoms with E-state index in [0.717, 1.165) is 5.56 Å². The number of nitrogens with one attached hydrogen (secondary N) is 3. The summed E-state index contributed by atoms with van der Waals surface area (Å²) in [5, 5.41) is 2.95. The molecule has 1 heterocycles. The second kappa shape index (κ2) is 6.81. The van der Waals surface area contributed by atoms with Crippen molar-refractivity contribution in [1.82, 2.24) is 10.9 Å². The second-order valence-electron chi connectivity index (χ2n) is 5.73. The molecule has 0 spiro atoms. The normalized spacial score (nSPS) is 20.3. The van der Waals surface area contributed by atoms with Crippen LogP contribution in [0.3, 0.4) is 0 Å². The van der Waals surface area contributed by atoms with Crippen LogP contribution in [0.5, 0.6) is 5.75 Å². The van der Waals surface area contributed by atoms with Crippen LogP contribution in [0.25, 0.3) is 0 Å². The van der Waals surface area contributed by atoms with E-state index in [2.05, 4.69) is 28.3 Å². The molecule has 3 rings (SSSR count). The molecule has 1 amide bonds. The Balaban J connectivity index is 1.67. The van der Waals surface area contributed by atoms with E-state index in [1.165, 1.54) is 5.56 Å². The molecule has 2 aromatic carbocycles. The highest BCUT2D eigenvalue weighted by molar-refractivity contribution is 5.96. The predicted molar refractivity (Wildman–Crippen MR) is 90.2 cm³/mol. The molecule has 0 saturated carbocycles. The fraction of sp³-hybridized carbons (Fsp3) is 0.278. The van der Waals surface area contributed by atoms with Gasteiger partial charge in [-0.3, -0.25) is 4.79 Å². The molecule has 120 valence electrons. The van der Waals surface area contributed by atoms with Crippen LogP contribution in [-0.4, -0.2) is 19.1 Å². The fourth-order valence-corrected chi connectivity index (χ4v) is 2.77. The summed E-state index contributed by atoms with van der Waals surface area (Å²) in [5.74, 6) is 0.592. The summed E-state index contributed by atoms with van der Waals surface area (Å²) in [5.41, 5.74) is 9.20.